The molecule has 0 amide bonds. The normalized spacial score (nSPS) is 13.1. The zero-order valence-electron chi connectivity index (χ0n) is 16.5. The average molecular weight is 429 g/mol. The van der Waals surface area contributed by atoms with Crippen LogP contribution in [0.3, 0.4) is 0 Å². The number of carbonyl (C=O) groups is 1. The van der Waals surface area contributed by atoms with E-state index in [2.05, 4.69) is 5.32 Å². The number of hydrogen-bond acceptors (Lipinski definition) is 3. The van der Waals surface area contributed by atoms with Gasteiger partial charge in [-0.2, -0.15) is 0 Å². The Morgan fingerprint density at radius 1 is 0.935 bits per heavy atom. The second-order valence-electron chi connectivity index (χ2n) is 6.61. The highest BCUT2D eigenvalue weighted by atomic mass is 19.2. The van der Waals surface area contributed by atoms with Crippen LogP contribution in [0.25, 0.3) is 6.08 Å². The largest absolute Gasteiger partial charge is 0.464 e. The second-order valence-corrected chi connectivity index (χ2v) is 6.61. The van der Waals surface area contributed by atoms with Crippen LogP contribution >= 0.6 is 0 Å². The van der Waals surface area contributed by atoms with Crippen molar-refractivity contribution in [3.8, 4) is 0 Å². The average Bonchev–Trinajstić information content (AvgIpc) is 2.79. The summed E-state index contributed by atoms with van der Waals surface area (Å²) in [4.78, 5) is 13.1. The van der Waals surface area contributed by atoms with Gasteiger partial charge in [0.05, 0.1) is 6.61 Å². The zero-order chi connectivity index (χ0) is 22.4. The maximum absolute atomic E-state index is 14.5. The molecule has 160 valence electrons. The Morgan fingerprint density at radius 2 is 1.48 bits per heavy atom. The van der Waals surface area contributed by atoms with E-state index in [-0.39, 0.29) is 18.2 Å². The topological polar surface area (TPSA) is 38.3 Å². The van der Waals surface area contributed by atoms with Crippen molar-refractivity contribution >= 4 is 17.7 Å². The Kier molecular flexibility index (Phi) is 6.74. The quantitative estimate of drug-likeness (QED) is 0.292. The van der Waals surface area contributed by atoms with Gasteiger partial charge in [0.1, 0.15) is 5.69 Å². The van der Waals surface area contributed by atoms with Gasteiger partial charge < -0.3 is 10.1 Å². The molecule has 0 radical (unpaired) electrons. The maximum Gasteiger partial charge on any atom is 0.340 e. The summed E-state index contributed by atoms with van der Waals surface area (Å²) in [6.07, 6.45) is 2.89. The van der Waals surface area contributed by atoms with E-state index >= 15 is 0 Å². The molecule has 1 N–H and O–H groups in total. The van der Waals surface area contributed by atoms with Gasteiger partial charge in [0.15, 0.2) is 28.8 Å². The molecule has 3 rings (SSSR count). The van der Waals surface area contributed by atoms with Crippen LogP contribution in [0.15, 0.2) is 72.8 Å². The van der Waals surface area contributed by atoms with E-state index in [0.29, 0.717) is 5.56 Å². The van der Waals surface area contributed by atoms with Gasteiger partial charge in [-0.3, -0.25) is 0 Å². The van der Waals surface area contributed by atoms with Crippen LogP contribution in [-0.2, 0) is 15.1 Å². The number of esters is 1. The molecule has 3 aromatic rings. The molecule has 0 aliphatic heterocycles. The van der Waals surface area contributed by atoms with Crippen molar-refractivity contribution in [3.05, 3.63) is 107 Å². The first-order chi connectivity index (χ1) is 14.9. The van der Waals surface area contributed by atoms with E-state index in [9.17, 15) is 22.4 Å². The number of nitrogens with one attached hydrogen (secondary N) is 1. The number of anilines is 1. The maximum atomic E-state index is 14.5. The van der Waals surface area contributed by atoms with Crippen LogP contribution in [-0.4, -0.2) is 12.6 Å². The van der Waals surface area contributed by atoms with Gasteiger partial charge in [-0.25, -0.2) is 22.4 Å². The molecule has 0 saturated heterocycles. The van der Waals surface area contributed by atoms with Crippen molar-refractivity contribution in [2.75, 3.05) is 11.9 Å². The predicted octanol–water partition coefficient (Wildman–Crippen LogP) is 5.83. The minimum absolute atomic E-state index is 0.0310. The van der Waals surface area contributed by atoms with Crippen molar-refractivity contribution in [2.45, 2.75) is 12.5 Å². The number of hydrogen-bond donors (Lipinski definition) is 1. The third-order valence-corrected chi connectivity index (χ3v) is 4.59. The molecule has 0 bridgehead atoms. The van der Waals surface area contributed by atoms with Gasteiger partial charge in [-0.15, -0.1) is 0 Å². The van der Waals surface area contributed by atoms with Gasteiger partial charge in [-0.1, -0.05) is 66.7 Å². The summed E-state index contributed by atoms with van der Waals surface area (Å²) >= 11 is 0. The van der Waals surface area contributed by atoms with Crippen molar-refractivity contribution in [1.29, 1.82) is 0 Å². The highest BCUT2D eigenvalue weighted by Gasteiger charge is 2.41. The lowest BCUT2D eigenvalue weighted by Gasteiger charge is -2.31. The Balaban J connectivity index is 2.24. The SMILES string of the molecule is CCOC(=O)C(/C=C/c1ccccc1)(Nc1c(F)c(F)cc(F)c1F)c1ccccc1. The van der Waals surface area contributed by atoms with Gasteiger partial charge >= 0.3 is 5.97 Å². The molecule has 0 saturated carbocycles. The predicted molar refractivity (Wildman–Crippen MR) is 110 cm³/mol. The van der Waals surface area contributed by atoms with Crippen LogP contribution in [0.4, 0.5) is 23.2 Å². The van der Waals surface area contributed by atoms with E-state index in [1.165, 1.54) is 18.2 Å². The number of benzene rings is 3. The second kappa shape index (κ2) is 9.47. The number of rotatable bonds is 7. The fourth-order valence-corrected chi connectivity index (χ4v) is 3.06. The number of carbonyl (C=O) groups excluding carboxylic acids is 1. The molecule has 0 aromatic heterocycles. The number of halogens is 4. The van der Waals surface area contributed by atoms with Gasteiger partial charge in [0.2, 0.25) is 0 Å². The summed E-state index contributed by atoms with van der Waals surface area (Å²) in [6, 6.07) is 16.9. The van der Waals surface area contributed by atoms with E-state index in [4.69, 9.17) is 4.74 Å². The molecular formula is C24H19F4NO2. The molecule has 0 fully saturated rings. The molecule has 1 unspecified atom stereocenters. The molecule has 0 spiro atoms. The molecule has 3 nitrogen and oxygen atoms in total. The molecule has 0 aliphatic rings. The van der Waals surface area contributed by atoms with Gasteiger partial charge in [0.25, 0.3) is 0 Å². The van der Waals surface area contributed by atoms with Crippen LogP contribution < -0.4 is 5.32 Å². The van der Waals surface area contributed by atoms with E-state index in [1.807, 2.05) is 0 Å². The molecule has 31 heavy (non-hydrogen) atoms. The summed E-state index contributed by atoms with van der Waals surface area (Å²) in [5.74, 6) is -7.41. The van der Waals surface area contributed by atoms with E-state index in [0.717, 1.165) is 0 Å². The van der Waals surface area contributed by atoms with Crippen LogP contribution in [0, 0.1) is 23.3 Å². The fraction of sp³-hybridized carbons (Fsp3) is 0.125. The van der Waals surface area contributed by atoms with Crippen molar-refractivity contribution in [3.63, 3.8) is 0 Å². The number of ether oxygens (including phenoxy) is 1. The molecule has 0 aliphatic carbocycles. The molecular weight excluding hydrogens is 410 g/mol. The highest BCUT2D eigenvalue weighted by molar-refractivity contribution is 5.90. The van der Waals surface area contributed by atoms with E-state index in [1.54, 1.807) is 61.5 Å². The summed E-state index contributed by atoms with van der Waals surface area (Å²) in [7, 11) is 0. The van der Waals surface area contributed by atoms with Gasteiger partial charge in [-0.05, 0) is 24.1 Å². The summed E-state index contributed by atoms with van der Waals surface area (Å²) < 4.78 is 61.8. The van der Waals surface area contributed by atoms with Crippen molar-refractivity contribution in [1.82, 2.24) is 0 Å². The van der Waals surface area contributed by atoms with E-state index < -0.39 is 40.5 Å². The fourth-order valence-electron chi connectivity index (χ4n) is 3.06. The molecule has 7 heteroatoms. The summed E-state index contributed by atoms with van der Waals surface area (Å²) in [5, 5.41) is 2.39. The van der Waals surface area contributed by atoms with Crippen molar-refractivity contribution in [2.24, 2.45) is 0 Å². The third-order valence-electron chi connectivity index (χ3n) is 4.59. The first kappa shape index (κ1) is 22.1. The molecule has 1 atom stereocenters. The standard InChI is InChI=1S/C24H19F4NO2/c1-2-31-23(30)24(17-11-7-4-8-12-17,14-13-16-9-5-3-6-10-16)29-22-20(27)18(25)15-19(26)21(22)28/h3-15,29H,2H2,1H3/b14-13+. The van der Waals surface area contributed by atoms with Crippen LogP contribution in [0.1, 0.15) is 18.1 Å². The minimum atomic E-state index is -1.98. The Hall–Kier alpha value is -3.61. The lowest BCUT2D eigenvalue weighted by atomic mass is 9.88. The Labute approximate surface area is 177 Å². The first-order valence-corrected chi connectivity index (χ1v) is 9.47. The lowest BCUT2D eigenvalue weighted by Crippen LogP contribution is -2.43. The monoisotopic (exact) mass is 429 g/mol. The summed E-state index contributed by atoms with van der Waals surface area (Å²) in [6.45, 7) is 1.54. The first-order valence-electron chi connectivity index (χ1n) is 9.47. The Morgan fingerprint density at radius 3 is 2.03 bits per heavy atom. The molecule has 3 aromatic carbocycles. The minimum Gasteiger partial charge on any atom is -0.464 e. The van der Waals surface area contributed by atoms with Gasteiger partial charge in [0, 0.05) is 6.07 Å². The Bertz CT molecular complexity index is 1060. The highest BCUT2D eigenvalue weighted by Crippen LogP contribution is 2.34. The lowest BCUT2D eigenvalue weighted by molar-refractivity contribution is -0.147. The van der Waals surface area contributed by atoms with Crippen molar-refractivity contribution < 1.29 is 27.1 Å². The zero-order valence-corrected chi connectivity index (χ0v) is 16.5. The van der Waals surface area contributed by atoms with Crippen LogP contribution in [0.2, 0.25) is 0 Å². The summed E-state index contributed by atoms with van der Waals surface area (Å²) in [5.41, 5.74) is -2.16. The third kappa shape index (κ3) is 4.60. The molecule has 0 heterocycles. The smallest absolute Gasteiger partial charge is 0.340 e. The van der Waals surface area contributed by atoms with Crippen LogP contribution in [0.5, 0.6) is 0 Å².